The van der Waals surface area contributed by atoms with Crippen molar-refractivity contribution < 1.29 is 9.25 Å². The van der Waals surface area contributed by atoms with Crippen molar-refractivity contribution in [2.75, 3.05) is 7.11 Å². The first-order valence-electron chi connectivity index (χ1n) is 6.85. The van der Waals surface area contributed by atoms with E-state index in [1.165, 1.54) is 9.71 Å². The second kappa shape index (κ2) is 5.51. The first-order chi connectivity index (χ1) is 10.8. The van der Waals surface area contributed by atoms with E-state index in [4.69, 9.17) is 9.84 Å². The van der Waals surface area contributed by atoms with E-state index in [2.05, 4.69) is 29.6 Å². The van der Waals surface area contributed by atoms with E-state index in [1.54, 1.807) is 29.8 Å². The minimum atomic E-state index is 0.861. The topological polar surface area (TPSA) is 26.2 Å². The maximum atomic E-state index is 5.21. The van der Waals surface area contributed by atoms with Crippen molar-refractivity contribution >= 4 is 26.8 Å². The Morgan fingerprint density at radius 1 is 0.955 bits per heavy atom. The number of ether oxygens (including phenoxy) is 1. The van der Waals surface area contributed by atoms with E-state index >= 15 is 0 Å². The van der Waals surface area contributed by atoms with Crippen LogP contribution in [-0.4, -0.2) is 12.2 Å². The Kier molecular flexibility index (Phi) is 3.36. The Bertz CT molecular complexity index is 911. The monoisotopic (exact) mass is 325 g/mol. The van der Waals surface area contributed by atoms with Gasteiger partial charge >= 0.3 is 4.14 Å². The molecule has 22 heavy (non-hydrogen) atoms. The fourth-order valence-electron chi connectivity index (χ4n) is 2.31. The van der Waals surface area contributed by atoms with E-state index in [0.717, 1.165) is 22.0 Å². The molecule has 5 heteroatoms. The molecule has 0 saturated carbocycles. The number of rotatable bonds is 3. The average molecular weight is 325 g/mol. The molecule has 0 fully saturated rings. The Hall–Kier alpha value is -2.24. The second-order valence-corrected chi connectivity index (χ2v) is 6.89. The summed E-state index contributed by atoms with van der Waals surface area (Å²) in [6.07, 6.45) is 0. The summed E-state index contributed by atoms with van der Waals surface area (Å²) in [5.74, 6) is 0.861. The summed E-state index contributed by atoms with van der Waals surface area (Å²) in [7, 11) is 1.68. The number of hydrogen-bond donors (Lipinski definition) is 0. The first kappa shape index (κ1) is 13.4. The lowest BCUT2D eigenvalue weighted by atomic mass is 10.2. The molecule has 4 aromatic rings. The molecule has 2 heterocycles. The van der Waals surface area contributed by atoms with Crippen LogP contribution < -0.4 is 9.25 Å². The van der Waals surface area contributed by atoms with Gasteiger partial charge in [-0.25, -0.2) is 0 Å². The zero-order chi connectivity index (χ0) is 14.9. The normalized spacial score (nSPS) is 11.0. The highest BCUT2D eigenvalue weighted by molar-refractivity contribution is 7.36. The highest BCUT2D eigenvalue weighted by Gasteiger charge is 2.22. The van der Waals surface area contributed by atoms with Gasteiger partial charge in [-0.05, 0) is 52.3 Å². The average Bonchev–Trinajstić information content (AvgIpc) is 3.16. The summed E-state index contributed by atoms with van der Waals surface area (Å²) in [6.45, 7) is 0. The summed E-state index contributed by atoms with van der Waals surface area (Å²) in [5.41, 5.74) is 3.43. The van der Waals surface area contributed by atoms with E-state index in [0.29, 0.717) is 0 Å². The van der Waals surface area contributed by atoms with Gasteiger partial charge < -0.3 is 4.74 Å². The maximum Gasteiger partial charge on any atom is 0.353 e. The molecule has 0 saturated heterocycles. The highest BCUT2D eigenvalue weighted by atomic mass is 32.2. The van der Waals surface area contributed by atoms with Gasteiger partial charge in [0.2, 0.25) is 0 Å². The van der Waals surface area contributed by atoms with Gasteiger partial charge in [-0.1, -0.05) is 29.5 Å². The Balaban J connectivity index is 1.79. The number of methoxy groups -OCH3 is 1. The quantitative estimate of drug-likeness (QED) is 0.525. The van der Waals surface area contributed by atoms with Crippen molar-refractivity contribution in [3.63, 3.8) is 0 Å². The van der Waals surface area contributed by atoms with Crippen molar-refractivity contribution in [1.29, 1.82) is 0 Å². The lowest BCUT2D eigenvalue weighted by Crippen LogP contribution is -2.22. The summed E-state index contributed by atoms with van der Waals surface area (Å²) in [5, 5.41) is 7.96. The van der Waals surface area contributed by atoms with E-state index in [1.807, 2.05) is 34.8 Å². The molecule has 0 aliphatic carbocycles. The van der Waals surface area contributed by atoms with Gasteiger partial charge in [0, 0.05) is 10.7 Å². The van der Waals surface area contributed by atoms with Gasteiger partial charge in [-0.2, -0.15) is 0 Å². The van der Waals surface area contributed by atoms with E-state index < -0.39 is 0 Å². The molecular formula is C17H13N2OS2+. The van der Waals surface area contributed by atoms with Crippen molar-refractivity contribution in [1.82, 2.24) is 5.10 Å². The molecule has 0 aliphatic heterocycles. The van der Waals surface area contributed by atoms with E-state index in [-0.39, 0.29) is 0 Å². The SMILES string of the molecule is COc1ccc(-c2n[n+]3c(-c4ccccc4)csc3s2)cc1. The fourth-order valence-corrected chi connectivity index (χ4v) is 4.34. The summed E-state index contributed by atoms with van der Waals surface area (Å²) < 4.78 is 8.42. The molecule has 0 atom stereocenters. The molecule has 0 N–H and O–H groups in total. The third kappa shape index (κ3) is 2.28. The lowest BCUT2D eigenvalue weighted by molar-refractivity contribution is -0.559. The molecule has 3 nitrogen and oxygen atoms in total. The predicted octanol–water partition coefficient (Wildman–Crippen LogP) is 4.29. The number of hydrogen-bond acceptors (Lipinski definition) is 4. The first-order valence-corrected chi connectivity index (χ1v) is 8.55. The minimum Gasteiger partial charge on any atom is -0.497 e. The highest BCUT2D eigenvalue weighted by Crippen LogP contribution is 2.30. The van der Waals surface area contributed by atoms with Crippen molar-refractivity contribution in [2.45, 2.75) is 0 Å². The van der Waals surface area contributed by atoms with Crippen LogP contribution in [0.4, 0.5) is 0 Å². The molecule has 0 aliphatic rings. The molecule has 0 spiro atoms. The van der Waals surface area contributed by atoms with Crippen LogP contribution >= 0.6 is 22.7 Å². The van der Waals surface area contributed by atoms with Crippen LogP contribution in [0.25, 0.3) is 26.0 Å². The van der Waals surface area contributed by atoms with Gasteiger partial charge in [-0.15, -0.1) is 0 Å². The molecule has 2 aromatic carbocycles. The maximum absolute atomic E-state index is 5.21. The van der Waals surface area contributed by atoms with Crippen molar-refractivity contribution in [2.24, 2.45) is 0 Å². The Labute approximate surface area is 136 Å². The minimum absolute atomic E-state index is 0.861. The molecule has 2 aromatic heterocycles. The van der Waals surface area contributed by atoms with Gasteiger partial charge in [0.15, 0.2) is 5.01 Å². The molecule has 0 bridgehead atoms. The standard InChI is InChI=1S/C17H13N2OS2/c1-20-14-9-7-13(8-10-14)16-18-19-15(11-21-17(19)22-16)12-5-3-2-4-6-12/h2-11H,1H3/q+1. The zero-order valence-corrected chi connectivity index (χ0v) is 13.5. The third-order valence-electron chi connectivity index (χ3n) is 3.45. The van der Waals surface area contributed by atoms with Crippen LogP contribution in [-0.2, 0) is 0 Å². The molecule has 0 radical (unpaired) electrons. The summed E-state index contributed by atoms with van der Waals surface area (Å²) in [4.78, 5) is 0. The lowest BCUT2D eigenvalue weighted by Gasteiger charge is -1.98. The number of nitrogens with zero attached hydrogens (tertiary/aromatic N) is 2. The molecule has 0 amide bonds. The number of benzene rings is 2. The Morgan fingerprint density at radius 3 is 2.45 bits per heavy atom. The molecule has 0 unspecified atom stereocenters. The van der Waals surface area contributed by atoms with Gasteiger partial charge in [-0.3, -0.25) is 0 Å². The van der Waals surface area contributed by atoms with Gasteiger partial charge in [0.05, 0.1) is 18.1 Å². The van der Waals surface area contributed by atoms with Crippen LogP contribution in [0.5, 0.6) is 5.75 Å². The van der Waals surface area contributed by atoms with E-state index in [9.17, 15) is 0 Å². The fraction of sp³-hybridized carbons (Fsp3) is 0.0588. The zero-order valence-electron chi connectivity index (χ0n) is 11.9. The van der Waals surface area contributed by atoms with Crippen LogP contribution in [0.3, 0.4) is 0 Å². The predicted molar refractivity (Wildman–Crippen MR) is 90.6 cm³/mol. The van der Waals surface area contributed by atoms with Crippen molar-refractivity contribution in [3.8, 4) is 27.6 Å². The van der Waals surface area contributed by atoms with Crippen molar-refractivity contribution in [3.05, 3.63) is 60.0 Å². The number of thiazole rings is 1. The molecule has 4 rings (SSSR count). The largest absolute Gasteiger partial charge is 0.497 e. The van der Waals surface area contributed by atoms with Crippen LogP contribution in [0, 0.1) is 0 Å². The summed E-state index contributed by atoms with van der Waals surface area (Å²) >= 11 is 3.44. The summed E-state index contributed by atoms with van der Waals surface area (Å²) in [6, 6.07) is 18.4. The molecule has 108 valence electrons. The number of aromatic nitrogens is 2. The third-order valence-corrected chi connectivity index (χ3v) is 5.57. The van der Waals surface area contributed by atoms with Gasteiger partial charge in [0.1, 0.15) is 5.75 Å². The number of fused-ring (bicyclic) bond motifs is 1. The van der Waals surface area contributed by atoms with Gasteiger partial charge in [0.25, 0.3) is 5.69 Å². The van der Waals surface area contributed by atoms with Crippen LogP contribution in [0.15, 0.2) is 60.0 Å². The van der Waals surface area contributed by atoms with Crippen LogP contribution in [0.2, 0.25) is 0 Å². The smallest absolute Gasteiger partial charge is 0.353 e. The second-order valence-electron chi connectivity index (χ2n) is 4.80. The van der Waals surface area contributed by atoms with Crippen LogP contribution in [0.1, 0.15) is 0 Å². The Morgan fingerprint density at radius 2 is 1.73 bits per heavy atom. The molecular weight excluding hydrogens is 312 g/mol.